The van der Waals surface area contributed by atoms with Gasteiger partial charge in [0.05, 0.1) is 0 Å². The van der Waals surface area contributed by atoms with E-state index < -0.39 is 6.10 Å². The summed E-state index contributed by atoms with van der Waals surface area (Å²) in [5.74, 6) is 0.704. The second-order valence-electron chi connectivity index (χ2n) is 5.25. The van der Waals surface area contributed by atoms with E-state index in [1.54, 1.807) is 6.92 Å². The maximum atomic E-state index is 12.8. The fourth-order valence-corrected chi connectivity index (χ4v) is 2.26. The van der Waals surface area contributed by atoms with Crippen LogP contribution in [0.25, 0.3) is 0 Å². The Morgan fingerprint density at radius 2 is 1.64 bits per heavy atom. The predicted octanol–water partition coefficient (Wildman–Crippen LogP) is 4.29. The van der Waals surface area contributed by atoms with Crippen molar-refractivity contribution in [3.63, 3.8) is 0 Å². The number of carbonyl (C=O) groups excluding carboxylic acids is 1. The van der Waals surface area contributed by atoms with Crippen LogP contribution in [-0.2, 0) is 4.79 Å². The second-order valence-corrected chi connectivity index (χ2v) is 5.25. The first-order chi connectivity index (χ1) is 10.7. The van der Waals surface area contributed by atoms with Gasteiger partial charge in [-0.05, 0) is 37.6 Å². The zero-order valence-electron chi connectivity index (χ0n) is 13.2. The van der Waals surface area contributed by atoms with Crippen LogP contribution in [0.5, 0.6) is 5.75 Å². The van der Waals surface area contributed by atoms with E-state index in [4.69, 9.17) is 4.74 Å². The molecule has 0 N–H and O–H groups in total. The third-order valence-corrected chi connectivity index (χ3v) is 3.47. The topological polar surface area (TPSA) is 29.5 Å². The molecular weight excluding hydrogens is 274 g/mol. The molecule has 0 radical (unpaired) electrons. The van der Waals surface area contributed by atoms with Crippen molar-refractivity contribution in [3.05, 3.63) is 60.7 Å². The maximum Gasteiger partial charge on any atom is 0.267 e. The molecule has 1 atom stereocenters. The van der Waals surface area contributed by atoms with E-state index in [-0.39, 0.29) is 5.91 Å². The Labute approximate surface area is 132 Å². The average molecular weight is 297 g/mol. The summed E-state index contributed by atoms with van der Waals surface area (Å²) in [6, 6.07) is 19.2. The van der Waals surface area contributed by atoms with Crippen molar-refractivity contribution in [2.45, 2.75) is 32.8 Å². The smallest absolute Gasteiger partial charge is 0.267 e. The predicted molar refractivity (Wildman–Crippen MR) is 90.2 cm³/mol. The summed E-state index contributed by atoms with van der Waals surface area (Å²) in [4.78, 5) is 14.6. The molecule has 3 nitrogen and oxygen atoms in total. The van der Waals surface area contributed by atoms with E-state index in [9.17, 15) is 4.79 Å². The number of para-hydroxylation sites is 2. The highest BCUT2D eigenvalue weighted by Crippen LogP contribution is 2.18. The van der Waals surface area contributed by atoms with Crippen LogP contribution in [0.4, 0.5) is 5.69 Å². The minimum absolute atomic E-state index is 0.0106. The number of carbonyl (C=O) groups is 1. The lowest BCUT2D eigenvalue weighted by Crippen LogP contribution is -2.41. The number of hydrogen-bond acceptors (Lipinski definition) is 2. The number of unbranched alkanes of at least 4 members (excludes halogenated alkanes) is 1. The minimum Gasteiger partial charge on any atom is -0.481 e. The molecule has 22 heavy (non-hydrogen) atoms. The summed E-state index contributed by atoms with van der Waals surface area (Å²) in [7, 11) is 0. The normalized spacial score (nSPS) is 11.7. The van der Waals surface area contributed by atoms with Gasteiger partial charge in [-0.25, -0.2) is 0 Å². The Kier molecular flexibility index (Phi) is 6.01. The molecule has 0 bridgehead atoms. The molecule has 2 aromatic rings. The van der Waals surface area contributed by atoms with Gasteiger partial charge in [0.25, 0.3) is 5.91 Å². The van der Waals surface area contributed by atoms with E-state index >= 15 is 0 Å². The third-order valence-electron chi connectivity index (χ3n) is 3.47. The van der Waals surface area contributed by atoms with Gasteiger partial charge < -0.3 is 9.64 Å². The van der Waals surface area contributed by atoms with Gasteiger partial charge in [-0.2, -0.15) is 0 Å². The van der Waals surface area contributed by atoms with Gasteiger partial charge in [0, 0.05) is 12.2 Å². The molecule has 2 aromatic carbocycles. The quantitative estimate of drug-likeness (QED) is 0.763. The third kappa shape index (κ3) is 4.35. The van der Waals surface area contributed by atoms with Crippen molar-refractivity contribution in [2.24, 2.45) is 0 Å². The summed E-state index contributed by atoms with van der Waals surface area (Å²) in [5.41, 5.74) is 0.921. The van der Waals surface area contributed by atoms with Gasteiger partial charge in [0.1, 0.15) is 5.75 Å². The van der Waals surface area contributed by atoms with Crippen molar-refractivity contribution in [1.29, 1.82) is 0 Å². The molecule has 0 unspecified atom stereocenters. The Hall–Kier alpha value is -2.29. The SMILES string of the molecule is CCCCN(C(=O)[C@H](C)Oc1ccccc1)c1ccccc1. The monoisotopic (exact) mass is 297 g/mol. The molecule has 0 spiro atoms. The van der Waals surface area contributed by atoms with E-state index in [1.807, 2.05) is 65.6 Å². The molecule has 1 amide bonds. The molecule has 0 aliphatic carbocycles. The van der Waals surface area contributed by atoms with Gasteiger partial charge in [-0.3, -0.25) is 4.79 Å². The van der Waals surface area contributed by atoms with Crippen molar-refractivity contribution < 1.29 is 9.53 Å². The molecule has 0 fully saturated rings. The summed E-state index contributed by atoms with van der Waals surface area (Å²) in [6.07, 6.45) is 1.50. The number of amides is 1. The first-order valence-corrected chi connectivity index (χ1v) is 7.80. The van der Waals surface area contributed by atoms with Crippen LogP contribution in [0.1, 0.15) is 26.7 Å². The van der Waals surface area contributed by atoms with Crippen molar-refractivity contribution in [2.75, 3.05) is 11.4 Å². The van der Waals surface area contributed by atoms with E-state index in [1.165, 1.54) is 0 Å². The van der Waals surface area contributed by atoms with Gasteiger partial charge in [0.2, 0.25) is 0 Å². The molecule has 0 aliphatic rings. The highest BCUT2D eigenvalue weighted by atomic mass is 16.5. The molecule has 116 valence electrons. The zero-order valence-corrected chi connectivity index (χ0v) is 13.2. The van der Waals surface area contributed by atoms with Crippen LogP contribution >= 0.6 is 0 Å². The summed E-state index contributed by atoms with van der Waals surface area (Å²) >= 11 is 0. The Balaban J connectivity index is 2.11. The number of hydrogen-bond donors (Lipinski definition) is 0. The second kappa shape index (κ2) is 8.23. The van der Waals surface area contributed by atoms with Gasteiger partial charge >= 0.3 is 0 Å². The number of benzene rings is 2. The largest absolute Gasteiger partial charge is 0.481 e. The zero-order chi connectivity index (χ0) is 15.8. The lowest BCUT2D eigenvalue weighted by molar-refractivity contribution is -0.124. The van der Waals surface area contributed by atoms with Crippen LogP contribution in [0.15, 0.2) is 60.7 Å². The Morgan fingerprint density at radius 3 is 2.23 bits per heavy atom. The summed E-state index contributed by atoms with van der Waals surface area (Å²) < 4.78 is 5.77. The minimum atomic E-state index is -0.514. The fraction of sp³-hybridized carbons (Fsp3) is 0.316. The first kappa shape index (κ1) is 16.1. The number of rotatable bonds is 7. The van der Waals surface area contributed by atoms with Crippen LogP contribution in [0.2, 0.25) is 0 Å². The molecular formula is C19H23NO2. The highest BCUT2D eigenvalue weighted by Gasteiger charge is 2.22. The Bertz CT molecular complexity index is 569. The van der Waals surface area contributed by atoms with Crippen molar-refractivity contribution >= 4 is 11.6 Å². The van der Waals surface area contributed by atoms with Crippen LogP contribution < -0.4 is 9.64 Å². The fourth-order valence-electron chi connectivity index (χ4n) is 2.26. The highest BCUT2D eigenvalue weighted by molar-refractivity contribution is 5.96. The number of anilines is 1. The average Bonchev–Trinajstić information content (AvgIpc) is 2.57. The van der Waals surface area contributed by atoms with Crippen molar-refractivity contribution in [1.82, 2.24) is 0 Å². The molecule has 0 aliphatic heterocycles. The number of nitrogens with zero attached hydrogens (tertiary/aromatic N) is 1. The van der Waals surface area contributed by atoms with Gasteiger partial charge in [0.15, 0.2) is 6.10 Å². The first-order valence-electron chi connectivity index (χ1n) is 7.80. The summed E-state index contributed by atoms with van der Waals surface area (Å²) in [5, 5.41) is 0. The lowest BCUT2D eigenvalue weighted by Gasteiger charge is -2.26. The number of ether oxygens (including phenoxy) is 1. The van der Waals surface area contributed by atoms with E-state index in [0.29, 0.717) is 12.3 Å². The Morgan fingerprint density at radius 1 is 1.05 bits per heavy atom. The summed E-state index contributed by atoms with van der Waals surface area (Å²) in [6.45, 7) is 4.64. The van der Waals surface area contributed by atoms with Crippen LogP contribution in [0, 0.1) is 0 Å². The molecule has 2 rings (SSSR count). The van der Waals surface area contributed by atoms with E-state index in [2.05, 4.69) is 6.92 Å². The molecule has 0 aromatic heterocycles. The van der Waals surface area contributed by atoms with Gasteiger partial charge in [-0.15, -0.1) is 0 Å². The molecule has 0 saturated heterocycles. The van der Waals surface area contributed by atoms with Gasteiger partial charge in [-0.1, -0.05) is 49.7 Å². The van der Waals surface area contributed by atoms with Crippen molar-refractivity contribution in [3.8, 4) is 5.75 Å². The lowest BCUT2D eigenvalue weighted by atomic mass is 10.2. The molecule has 3 heteroatoms. The molecule has 0 saturated carbocycles. The standard InChI is InChI=1S/C19H23NO2/c1-3-4-15-20(17-11-7-5-8-12-17)19(21)16(2)22-18-13-9-6-10-14-18/h5-14,16H,3-4,15H2,1-2H3/t16-/m0/s1. The maximum absolute atomic E-state index is 12.8. The van der Waals surface area contributed by atoms with Crippen LogP contribution in [-0.4, -0.2) is 18.6 Å². The van der Waals surface area contributed by atoms with E-state index in [0.717, 1.165) is 18.5 Å². The van der Waals surface area contributed by atoms with Crippen LogP contribution in [0.3, 0.4) is 0 Å². The molecule has 0 heterocycles.